The monoisotopic (exact) mass is 316 g/mol. The molecule has 0 spiro atoms. The number of halogens is 1. The van der Waals surface area contributed by atoms with Gasteiger partial charge in [-0.25, -0.2) is 0 Å². The molecule has 1 nitrogen and oxygen atoms in total. The Labute approximate surface area is 112 Å². The van der Waals surface area contributed by atoms with Gasteiger partial charge in [0.1, 0.15) is 6.10 Å². The summed E-state index contributed by atoms with van der Waals surface area (Å²) in [4.78, 5) is 3.45. The first-order chi connectivity index (χ1) is 7.49. The van der Waals surface area contributed by atoms with Crippen LogP contribution in [0.1, 0.15) is 31.9 Å². The van der Waals surface area contributed by atoms with Gasteiger partial charge >= 0.3 is 0 Å². The van der Waals surface area contributed by atoms with Crippen molar-refractivity contribution in [3.05, 3.63) is 41.7 Å². The molecule has 86 valence electrons. The molecule has 0 saturated heterocycles. The van der Waals surface area contributed by atoms with E-state index in [1.54, 1.807) is 22.7 Å². The summed E-state index contributed by atoms with van der Waals surface area (Å²) in [5.41, 5.74) is 2.22. The molecule has 4 heteroatoms. The first kappa shape index (κ1) is 12.3. The van der Waals surface area contributed by atoms with E-state index in [1.165, 1.54) is 15.3 Å². The summed E-state index contributed by atoms with van der Waals surface area (Å²) in [7, 11) is 0. The number of aryl methyl sites for hydroxylation is 3. The predicted octanol–water partition coefficient (Wildman–Crippen LogP) is 4.58. The van der Waals surface area contributed by atoms with E-state index in [0.717, 1.165) is 14.2 Å². The Balaban J connectivity index is 2.38. The van der Waals surface area contributed by atoms with Crippen LogP contribution in [0, 0.1) is 20.8 Å². The normalized spacial score (nSPS) is 13.1. The van der Waals surface area contributed by atoms with E-state index in [9.17, 15) is 5.11 Å². The zero-order chi connectivity index (χ0) is 11.9. The van der Waals surface area contributed by atoms with E-state index in [-0.39, 0.29) is 0 Å². The Hall–Kier alpha value is -0.160. The van der Waals surface area contributed by atoms with Crippen LogP contribution in [-0.2, 0) is 0 Å². The molecular formula is C12H13BrOS2. The van der Waals surface area contributed by atoms with Crippen molar-refractivity contribution in [2.75, 3.05) is 0 Å². The lowest BCUT2D eigenvalue weighted by Crippen LogP contribution is -1.96. The summed E-state index contributed by atoms with van der Waals surface area (Å²) in [6, 6.07) is 4.12. The second-order valence-electron chi connectivity index (χ2n) is 3.88. The third-order valence-electron chi connectivity index (χ3n) is 2.52. The molecule has 0 bridgehead atoms. The number of rotatable bonds is 2. The van der Waals surface area contributed by atoms with Gasteiger partial charge in [0.2, 0.25) is 0 Å². The highest BCUT2D eigenvalue weighted by Crippen LogP contribution is 2.37. The van der Waals surface area contributed by atoms with Crippen molar-refractivity contribution in [1.29, 1.82) is 0 Å². The summed E-state index contributed by atoms with van der Waals surface area (Å²) in [5, 5.41) is 10.3. The van der Waals surface area contributed by atoms with Gasteiger partial charge in [-0.1, -0.05) is 0 Å². The summed E-state index contributed by atoms with van der Waals surface area (Å²) >= 11 is 6.83. The number of aliphatic hydroxyl groups is 1. The molecule has 1 atom stereocenters. The molecular weight excluding hydrogens is 304 g/mol. The first-order valence-corrected chi connectivity index (χ1v) is 7.42. The second kappa shape index (κ2) is 4.61. The third kappa shape index (κ3) is 2.25. The second-order valence-corrected chi connectivity index (χ2v) is 7.74. The van der Waals surface area contributed by atoms with E-state index in [1.807, 2.05) is 13.0 Å². The molecule has 1 N–H and O–H groups in total. The van der Waals surface area contributed by atoms with E-state index in [2.05, 4.69) is 35.8 Å². The number of aliphatic hydroxyl groups excluding tert-OH is 1. The maximum absolute atomic E-state index is 10.3. The fourth-order valence-electron chi connectivity index (χ4n) is 1.69. The minimum absolute atomic E-state index is 0.486. The molecule has 0 amide bonds. The summed E-state index contributed by atoms with van der Waals surface area (Å²) in [6.07, 6.45) is -0.486. The van der Waals surface area contributed by atoms with Gasteiger partial charge in [0.05, 0.1) is 3.79 Å². The molecule has 0 aliphatic carbocycles. The minimum Gasteiger partial charge on any atom is -0.383 e. The molecule has 0 radical (unpaired) electrons. The fraction of sp³-hybridized carbons (Fsp3) is 0.333. The molecule has 0 saturated carbocycles. The van der Waals surface area contributed by atoms with Crippen molar-refractivity contribution in [2.45, 2.75) is 26.9 Å². The summed E-state index contributed by atoms with van der Waals surface area (Å²) in [6.45, 7) is 6.18. The molecule has 2 rings (SSSR count). The Morgan fingerprint density at radius 1 is 1.19 bits per heavy atom. The fourth-order valence-corrected chi connectivity index (χ4v) is 4.23. The standard InChI is InChI=1S/C12H13BrOS2/c1-6-4-10(16-12(6)13)11(14)9-5-7(2)15-8(9)3/h4-5,11,14H,1-3H3. The lowest BCUT2D eigenvalue weighted by molar-refractivity contribution is 0.224. The van der Waals surface area contributed by atoms with E-state index in [4.69, 9.17) is 0 Å². The third-order valence-corrected chi connectivity index (χ3v) is 5.69. The Morgan fingerprint density at radius 3 is 2.31 bits per heavy atom. The summed E-state index contributed by atoms with van der Waals surface area (Å²) < 4.78 is 1.10. The highest BCUT2D eigenvalue weighted by atomic mass is 79.9. The topological polar surface area (TPSA) is 20.2 Å². The molecule has 1 unspecified atom stereocenters. The van der Waals surface area contributed by atoms with Gasteiger partial charge < -0.3 is 5.11 Å². The summed E-state index contributed by atoms with van der Waals surface area (Å²) in [5.74, 6) is 0. The molecule has 0 fully saturated rings. The number of hydrogen-bond donors (Lipinski definition) is 1. The average molecular weight is 317 g/mol. The van der Waals surface area contributed by atoms with Crippen molar-refractivity contribution >= 4 is 38.6 Å². The first-order valence-electron chi connectivity index (χ1n) is 5.00. The van der Waals surface area contributed by atoms with Crippen LogP contribution in [-0.4, -0.2) is 5.11 Å². The highest BCUT2D eigenvalue weighted by Gasteiger charge is 2.17. The quantitative estimate of drug-likeness (QED) is 0.859. The van der Waals surface area contributed by atoms with E-state index in [0.29, 0.717) is 0 Å². The molecule has 0 aromatic carbocycles. The van der Waals surface area contributed by atoms with Gasteiger partial charge in [-0.2, -0.15) is 0 Å². The van der Waals surface area contributed by atoms with Gasteiger partial charge in [0.25, 0.3) is 0 Å². The molecule has 2 aromatic rings. The van der Waals surface area contributed by atoms with Crippen molar-refractivity contribution in [2.24, 2.45) is 0 Å². The lowest BCUT2D eigenvalue weighted by Gasteiger charge is -2.07. The van der Waals surface area contributed by atoms with Gasteiger partial charge in [-0.05, 0) is 60.0 Å². The number of thiophene rings is 2. The Bertz CT molecular complexity index is 494. The zero-order valence-electron chi connectivity index (χ0n) is 9.37. The van der Waals surface area contributed by atoms with E-state index >= 15 is 0 Å². The van der Waals surface area contributed by atoms with Crippen LogP contribution in [0.4, 0.5) is 0 Å². The zero-order valence-corrected chi connectivity index (χ0v) is 12.6. The van der Waals surface area contributed by atoms with Gasteiger partial charge in [0.15, 0.2) is 0 Å². The number of hydrogen-bond acceptors (Lipinski definition) is 3. The molecule has 2 heterocycles. The van der Waals surface area contributed by atoms with Crippen LogP contribution in [0.25, 0.3) is 0 Å². The molecule has 0 aliphatic heterocycles. The smallest absolute Gasteiger partial charge is 0.114 e. The predicted molar refractivity (Wildman–Crippen MR) is 74.6 cm³/mol. The maximum Gasteiger partial charge on any atom is 0.114 e. The van der Waals surface area contributed by atoms with Crippen LogP contribution in [0.2, 0.25) is 0 Å². The molecule has 0 aliphatic rings. The van der Waals surface area contributed by atoms with E-state index < -0.39 is 6.10 Å². The largest absolute Gasteiger partial charge is 0.383 e. The van der Waals surface area contributed by atoms with Crippen molar-refractivity contribution in [3.8, 4) is 0 Å². The minimum atomic E-state index is -0.486. The maximum atomic E-state index is 10.3. The highest BCUT2D eigenvalue weighted by molar-refractivity contribution is 9.11. The Kier molecular flexibility index (Phi) is 3.54. The lowest BCUT2D eigenvalue weighted by atomic mass is 10.1. The average Bonchev–Trinajstić information content (AvgIpc) is 2.70. The van der Waals surface area contributed by atoms with Crippen LogP contribution in [0.5, 0.6) is 0 Å². The van der Waals surface area contributed by atoms with Crippen molar-refractivity contribution in [1.82, 2.24) is 0 Å². The van der Waals surface area contributed by atoms with Crippen molar-refractivity contribution in [3.63, 3.8) is 0 Å². The van der Waals surface area contributed by atoms with Gasteiger partial charge in [-0.3, -0.25) is 0 Å². The van der Waals surface area contributed by atoms with Crippen LogP contribution < -0.4 is 0 Å². The van der Waals surface area contributed by atoms with Crippen LogP contribution >= 0.6 is 38.6 Å². The van der Waals surface area contributed by atoms with Gasteiger partial charge in [0, 0.05) is 14.6 Å². The van der Waals surface area contributed by atoms with Crippen LogP contribution in [0.3, 0.4) is 0 Å². The molecule has 2 aromatic heterocycles. The van der Waals surface area contributed by atoms with Crippen LogP contribution in [0.15, 0.2) is 15.9 Å². The SMILES string of the molecule is Cc1cc(C(O)c2cc(C)c(Br)s2)c(C)s1. The Morgan fingerprint density at radius 2 is 1.88 bits per heavy atom. The molecule has 16 heavy (non-hydrogen) atoms. The van der Waals surface area contributed by atoms with Gasteiger partial charge in [-0.15, -0.1) is 22.7 Å². The van der Waals surface area contributed by atoms with Crippen molar-refractivity contribution < 1.29 is 5.11 Å².